The van der Waals surface area contributed by atoms with Crippen molar-refractivity contribution in [3.05, 3.63) is 11.5 Å². The number of hydrogen-bond acceptors (Lipinski definition) is 4. The molecule has 0 saturated heterocycles. The highest BCUT2D eigenvalue weighted by molar-refractivity contribution is 8.02. The highest BCUT2D eigenvalue weighted by atomic mass is 32.2. The highest BCUT2D eigenvalue weighted by Crippen LogP contribution is 2.13. The lowest BCUT2D eigenvalue weighted by molar-refractivity contribution is -0.138. The molecule has 0 fully saturated rings. The third-order valence-electron chi connectivity index (χ3n) is 5.30. The third-order valence-corrected chi connectivity index (χ3v) is 6.17. The van der Waals surface area contributed by atoms with E-state index in [1.165, 1.54) is 70.6 Å². The van der Waals surface area contributed by atoms with Crippen LogP contribution >= 0.6 is 11.8 Å². The molecule has 0 rings (SSSR count). The summed E-state index contributed by atoms with van der Waals surface area (Å²) in [4.78, 5) is 23.7. The number of ketones is 1. The van der Waals surface area contributed by atoms with Crippen molar-refractivity contribution in [2.45, 2.75) is 123 Å². The van der Waals surface area contributed by atoms with E-state index >= 15 is 0 Å². The first kappa shape index (κ1) is 29.2. The van der Waals surface area contributed by atoms with Gasteiger partial charge in [-0.2, -0.15) is 0 Å². The van der Waals surface area contributed by atoms with Crippen LogP contribution in [0.15, 0.2) is 11.5 Å². The minimum Gasteiger partial charge on any atom is -0.394 e. The zero-order chi connectivity index (χ0) is 22.3. The summed E-state index contributed by atoms with van der Waals surface area (Å²) < 4.78 is 0. The van der Waals surface area contributed by atoms with Crippen molar-refractivity contribution in [1.29, 1.82) is 0 Å². The van der Waals surface area contributed by atoms with Crippen LogP contribution in [-0.2, 0) is 9.59 Å². The first-order valence-corrected chi connectivity index (χ1v) is 13.4. The van der Waals surface area contributed by atoms with E-state index in [0.717, 1.165) is 31.4 Å². The highest BCUT2D eigenvalue weighted by Gasteiger charge is 2.16. The molecule has 0 aliphatic carbocycles. The Morgan fingerprint density at radius 3 is 1.83 bits per heavy atom. The summed E-state index contributed by atoms with van der Waals surface area (Å²) in [7, 11) is 0. The van der Waals surface area contributed by atoms with Crippen molar-refractivity contribution in [2.24, 2.45) is 0 Å². The van der Waals surface area contributed by atoms with Crippen molar-refractivity contribution in [2.75, 3.05) is 12.4 Å². The van der Waals surface area contributed by atoms with E-state index in [-0.39, 0.29) is 12.4 Å². The summed E-state index contributed by atoms with van der Waals surface area (Å²) in [6.07, 6.45) is 20.8. The molecule has 1 atom stereocenters. The Labute approximate surface area is 190 Å². The van der Waals surface area contributed by atoms with Gasteiger partial charge in [0.2, 0.25) is 5.78 Å². The third kappa shape index (κ3) is 19.2. The van der Waals surface area contributed by atoms with Crippen LogP contribution in [-0.4, -0.2) is 35.2 Å². The lowest BCUT2D eigenvalue weighted by Crippen LogP contribution is -2.40. The number of rotatable bonds is 22. The number of amides is 1. The molecule has 0 heterocycles. The van der Waals surface area contributed by atoms with Gasteiger partial charge in [-0.05, 0) is 24.0 Å². The van der Waals surface area contributed by atoms with E-state index in [9.17, 15) is 14.7 Å². The van der Waals surface area contributed by atoms with E-state index in [2.05, 4.69) is 19.2 Å². The summed E-state index contributed by atoms with van der Waals surface area (Å²) in [6.45, 7) is 4.18. The van der Waals surface area contributed by atoms with Gasteiger partial charge in [-0.15, -0.1) is 11.8 Å². The zero-order valence-corrected chi connectivity index (χ0v) is 20.4. The maximum absolute atomic E-state index is 11.9. The molecule has 0 aliphatic rings. The van der Waals surface area contributed by atoms with Gasteiger partial charge in [-0.3, -0.25) is 9.59 Å². The molecule has 1 amide bonds. The average molecular weight is 442 g/mol. The number of carbonyl (C=O) groups is 2. The van der Waals surface area contributed by atoms with E-state index in [1.807, 2.05) is 5.41 Å². The van der Waals surface area contributed by atoms with Crippen LogP contribution in [0.3, 0.4) is 0 Å². The maximum atomic E-state index is 11.9. The Balaban J connectivity index is 3.65. The quantitative estimate of drug-likeness (QED) is 0.147. The van der Waals surface area contributed by atoms with Gasteiger partial charge in [0.1, 0.15) is 0 Å². The molecule has 0 unspecified atom stereocenters. The minimum atomic E-state index is -0.578. The fourth-order valence-corrected chi connectivity index (χ4v) is 4.11. The van der Waals surface area contributed by atoms with Gasteiger partial charge < -0.3 is 10.4 Å². The number of carbonyl (C=O) groups excluding carboxylic acids is 2. The van der Waals surface area contributed by atoms with Crippen LogP contribution in [0.5, 0.6) is 0 Å². The van der Waals surface area contributed by atoms with E-state index in [0.29, 0.717) is 6.42 Å². The average Bonchev–Trinajstić information content (AvgIpc) is 2.75. The van der Waals surface area contributed by atoms with Crippen LogP contribution in [0.2, 0.25) is 0 Å². The fourth-order valence-electron chi connectivity index (χ4n) is 3.30. The molecule has 0 radical (unpaired) electrons. The molecule has 0 aromatic rings. The van der Waals surface area contributed by atoms with Crippen molar-refractivity contribution < 1.29 is 14.7 Å². The van der Waals surface area contributed by atoms with Crippen molar-refractivity contribution >= 4 is 23.5 Å². The number of Topliss-reactive ketones (excluding diaryl/α,β-unsaturated/α-hetero) is 1. The maximum Gasteiger partial charge on any atom is 0.287 e. The number of aliphatic hydroxyl groups excluding tert-OH is 1. The number of aliphatic hydroxyl groups is 1. The first-order chi connectivity index (χ1) is 14.7. The van der Waals surface area contributed by atoms with Crippen molar-refractivity contribution in [1.82, 2.24) is 5.32 Å². The molecule has 0 saturated carbocycles. The Morgan fingerprint density at radius 2 is 1.30 bits per heavy atom. The molecule has 176 valence electrons. The van der Waals surface area contributed by atoms with Gasteiger partial charge in [0, 0.05) is 6.42 Å². The second kappa shape index (κ2) is 22.9. The number of unbranched alkanes of at least 4 members (excludes halogenated alkanes) is 13. The largest absolute Gasteiger partial charge is 0.394 e. The minimum absolute atomic E-state index is 0.190. The van der Waals surface area contributed by atoms with Crippen LogP contribution < -0.4 is 5.32 Å². The van der Waals surface area contributed by atoms with Crippen molar-refractivity contribution in [3.63, 3.8) is 0 Å². The summed E-state index contributed by atoms with van der Waals surface area (Å²) in [6, 6.07) is -0.484. The van der Waals surface area contributed by atoms with E-state index < -0.39 is 11.9 Å². The Kier molecular flexibility index (Phi) is 22.2. The molecule has 0 bridgehead atoms. The molecule has 5 heteroatoms. The molecule has 0 aromatic carbocycles. The molecule has 0 aromatic heterocycles. The molecule has 0 aliphatic heterocycles. The lowest BCUT2D eigenvalue weighted by Gasteiger charge is -2.11. The second-order valence-corrected chi connectivity index (χ2v) is 9.24. The Morgan fingerprint density at radius 1 is 0.800 bits per heavy atom. The van der Waals surface area contributed by atoms with Gasteiger partial charge in [-0.1, -0.05) is 103 Å². The van der Waals surface area contributed by atoms with Gasteiger partial charge in [-0.25, -0.2) is 0 Å². The predicted molar refractivity (Wildman–Crippen MR) is 131 cm³/mol. The summed E-state index contributed by atoms with van der Waals surface area (Å²) in [5, 5.41) is 14.0. The van der Waals surface area contributed by atoms with Crippen LogP contribution in [0.4, 0.5) is 0 Å². The van der Waals surface area contributed by atoms with Crippen LogP contribution in [0.25, 0.3) is 0 Å². The normalized spacial score (nSPS) is 12.4. The molecule has 4 nitrogen and oxygen atoms in total. The van der Waals surface area contributed by atoms with Crippen LogP contribution in [0.1, 0.15) is 117 Å². The number of hydrogen-bond donors (Lipinski definition) is 2. The summed E-state index contributed by atoms with van der Waals surface area (Å²) in [5.74, 6) is 0.0906. The zero-order valence-electron chi connectivity index (χ0n) is 19.6. The monoisotopic (exact) mass is 441 g/mol. The molecule has 0 spiro atoms. The fraction of sp³-hybridized carbons (Fsp3) is 0.840. The number of thioether (sulfide) groups is 1. The molecular formula is C25H47NO3S. The Hall–Kier alpha value is -0.810. The predicted octanol–water partition coefficient (Wildman–Crippen LogP) is 6.56. The van der Waals surface area contributed by atoms with E-state index in [1.54, 1.807) is 17.8 Å². The molecule has 2 N–H and O–H groups in total. The molecular weight excluding hydrogens is 394 g/mol. The lowest BCUT2D eigenvalue weighted by atomic mass is 10.1. The van der Waals surface area contributed by atoms with E-state index in [4.69, 9.17) is 0 Å². The SMILES string of the molecule is CCCCCCCCCCCCCS/C=C/[C@H](CO)NC(=O)C(=O)CCCCCC. The summed E-state index contributed by atoms with van der Waals surface area (Å²) in [5.41, 5.74) is 0. The first-order valence-electron chi connectivity index (χ1n) is 12.4. The Bertz CT molecular complexity index is 440. The smallest absolute Gasteiger partial charge is 0.287 e. The number of nitrogens with one attached hydrogen (secondary N) is 1. The van der Waals surface area contributed by atoms with Gasteiger partial charge in [0.15, 0.2) is 0 Å². The van der Waals surface area contributed by atoms with Crippen LogP contribution in [0, 0.1) is 0 Å². The topological polar surface area (TPSA) is 66.4 Å². The van der Waals surface area contributed by atoms with Crippen molar-refractivity contribution in [3.8, 4) is 0 Å². The standard InChI is InChI=1S/C25H47NO3S/c1-3-5-7-9-10-11-12-13-14-15-17-20-30-21-19-23(22-27)26-25(29)24(28)18-16-8-6-4-2/h19,21,23,27H,3-18,20,22H2,1-2H3,(H,26,29)/b21-19+/t23-/m1/s1. The van der Waals surface area contributed by atoms with Gasteiger partial charge >= 0.3 is 0 Å². The van der Waals surface area contributed by atoms with Gasteiger partial charge in [0.05, 0.1) is 12.6 Å². The summed E-state index contributed by atoms with van der Waals surface area (Å²) >= 11 is 1.70. The molecule has 30 heavy (non-hydrogen) atoms. The van der Waals surface area contributed by atoms with Gasteiger partial charge in [0.25, 0.3) is 5.91 Å². The second-order valence-electron chi connectivity index (χ2n) is 8.23.